The Bertz CT molecular complexity index is 1410. The van der Waals surface area contributed by atoms with Gasteiger partial charge in [0.25, 0.3) is 5.56 Å². The zero-order valence-corrected chi connectivity index (χ0v) is 23.2. The van der Waals surface area contributed by atoms with Crippen LogP contribution in [0.4, 0.5) is 5.69 Å². The molecule has 1 heterocycles. The molecule has 0 saturated carbocycles. The van der Waals surface area contributed by atoms with Crippen molar-refractivity contribution in [1.82, 2.24) is 9.66 Å². The van der Waals surface area contributed by atoms with Gasteiger partial charge in [0.1, 0.15) is 5.82 Å². The summed E-state index contributed by atoms with van der Waals surface area (Å²) in [4.78, 5) is 41.3. The molecular weight excluding hydrogens is 600 g/mol. The van der Waals surface area contributed by atoms with Crippen molar-refractivity contribution in [3.8, 4) is 5.75 Å². The smallest absolute Gasteiger partial charge is 0.347 e. The molecule has 0 aliphatic rings. The van der Waals surface area contributed by atoms with Gasteiger partial charge in [0.05, 0.1) is 28.6 Å². The first-order chi connectivity index (χ1) is 17.1. The molecule has 36 heavy (non-hydrogen) atoms. The summed E-state index contributed by atoms with van der Waals surface area (Å²) in [6.07, 6.45) is 0.872. The minimum absolute atomic E-state index is 0.0979. The van der Waals surface area contributed by atoms with E-state index in [1.54, 1.807) is 31.2 Å². The number of nitrogens with zero attached hydrogens (tertiary/aromatic N) is 4. The summed E-state index contributed by atoms with van der Waals surface area (Å²) in [5.41, 5.74) is -0.0457. The van der Waals surface area contributed by atoms with Gasteiger partial charge in [0.2, 0.25) is 5.75 Å². The quantitative estimate of drug-likeness (QED) is 0.132. The number of benzene rings is 2. The topological polar surface area (TPSA) is 126 Å². The van der Waals surface area contributed by atoms with Crippen LogP contribution in [-0.2, 0) is 9.53 Å². The van der Waals surface area contributed by atoms with Gasteiger partial charge in [0, 0.05) is 26.5 Å². The fraction of sp³-hybridized carbons (Fsp3) is 0.333. The summed E-state index contributed by atoms with van der Waals surface area (Å²) in [5, 5.41) is 16.5. The lowest BCUT2D eigenvalue weighted by Gasteiger charge is -2.16. The highest BCUT2D eigenvalue weighted by molar-refractivity contribution is 9.10. The van der Waals surface area contributed by atoms with Gasteiger partial charge >= 0.3 is 11.7 Å². The number of ether oxygens (including phenoxy) is 2. The molecule has 0 fully saturated rings. The molecule has 3 aromatic rings. The van der Waals surface area contributed by atoms with Crippen molar-refractivity contribution in [2.24, 2.45) is 5.10 Å². The minimum Gasteiger partial charge on any atom is -0.471 e. The first-order valence-corrected chi connectivity index (χ1v) is 12.7. The molecule has 1 aromatic heterocycles. The van der Waals surface area contributed by atoms with Crippen LogP contribution < -0.4 is 10.3 Å². The third-order valence-electron chi connectivity index (χ3n) is 5.37. The van der Waals surface area contributed by atoms with Crippen molar-refractivity contribution in [3.63, 3.8) is 0 Å². The summed E-state index contributed by atoms with van der Waals surface area (Å²) >= 11 is 6.64. The maximum absolute atomic E-state index is 13.4. The lowest BCUT2D eigenvalue weighted by Crippen LogP contribution is -2.27. The fourth-order valence-electron chi connectivity index (χ4n) is 3.34. The van der Waals surface area contributed by atoms with E-state index in [9.17, 15) is 19.7 Å². The molecule has 0 saturated heterocycles. The molecule has 0 radical (unpaired) electrons. The van der Waals surface area contributed by atoms with Crippen molar-refractivity contribution in [1.29, 1.82) is 0 Å². The number of hydrogen-bond acceptors (Lipinski definition) is 8. The van der Waals surface area contributed by atoms with E-state index in [0.717, 1.165) is 0 Å². The predicted molar refractivity (Wildman–Crippen MR) is 143 cm³/mol. The van der Waals surface area contributed by atoms with E-state index in [-0.39, 0.29) is 35.1 Å². The third-order valence-corrected chi connectivity index (χ3v) is 6.32. The largest absolute Gasteiger partial charge is 0.471 e. The molecule has 0 unspecified atom stereocenters. The number of hydrogen-bond donors (Lipinski definition) is 0. The van der Waals surface area contributed by atoms with Gasteiger partial charge in [-0.25, -0.2) is 9.78 Å². The molecule has 0 aliphatic carbocycles. The summed E-state index contributed by atoms with van der Waals surface area (Å²) in [6.45, 7) is 7.11. The number of nitro benzene ring substituents is 1. The van der Waals surface area contributed by atoms with Gasteiger partial charge in [0.15, 0.2) is 6.10 Å². The number of rotatable bonds is 9. The van der Waals surface area contributed by atoms with E-state index in [1.807, 2.05) is 13.8 Å². The van der Waals surface area contributed by atoms with E-state index in [1.165, 1.54) is 23.9 Å². The van der Waals surface area contributed by atoms with Crippen LogP contribution in [0, 0.1) is 10.1 Å². The first kappa shape index (κ1) is 27.5. The van der Waals surface area contributed by atoms with Crippen molar-refractivity contribution < 1.29 is 19.2 Å². The van der Waals surface area contributed by atoms with Crippen LogP contribution in [0.2, 0.25) is 0 Å². The summed E-state index contributed by atoms with van der Waals surface area (Å²) in [6, 6.07) is 8.02. The van der Waals surface area contributed by atoms with Crippen LogP contribution in [0.25, 0.3) is 10.9 Å². The number of carbonyl (C=O) groups excluding carboxylic acids is 1. The normalized spacial score (nSPS) is 13.1. The lowest BCUT2D eigenvalue weighted by molar-refractivity contribution is -0.386. The molecule has 0 amide bonds. The van der Waals surface area contributed by atoms with Crippen LogP contribution in [0.15, 0.2) is 49.2 Å². The second-order valence-electron chi connectivity index (χ2n) is 7.91. The molecule has 12 heteroatoms. The maximum atomic E-state index is 13.4. The van der Waals surface area contributed by atoms with Gasteiger partial charge in [-0.05, 0) is 44.5 Å². The van der Waals surface area contributed by atoms with E-state index >= 15 is 0 Å². The summed E-state index contributed by atoms with van der Waals surface area (Å²) < 4.78 is 12.9. The van der Waals surface area contributed by atoms with Gasteiger partial charge in [-0.15, -0.1) is 0 Å². The number of carbonyl (C=O) groups is 1. The lowest BCUT2D eigenvalue weighted by atomic mass is 10.1. The Hall–Kier alpha value is -3.12. The SMILES string of the molecule is CCOC(=O)[C@H](C)Oc1c(C=Nn2c([C@H](C)CC)nc3ccc(Br)cc3c2=O)cc(Br)cc1[N+](=O)[O-]. The Morgan fingerprint density at radius 2 is 1.94 bits per heavy atom. The van der Waals surface area contributed by atoms with Crippen LogP contribution >= 0.6 is 31.9 Å². The fourth-order valence-corrected chi connectivity index (χ4v) is 4.17. The maximum Gasteiger partial charge on any atom is 0.347 e. The highest BCUT2D eigenvalue weighted by Gasteiger charge is 2.26. The van der Waals surface area contributed by atoms with Gasteiger partial charge in [-0.3, -0.25) is 14.9 Å². The Morgan fingerprint density at radius 1 is 1.22 bits per heavy atom. The van der Waals surface area contributed by atoms with Crippen molar-refractivity contribution in [3.05, 3.63) is 71.1 Å². The minimum atomic E-state index is -1.12. The second-order valence-corrected chi connectivity index (χ2v) is 9.75. The molecule has 0 N–H and O–H groups in total. The van der Waals surface area contributed by atoms with Crippen molar-refractivity contribution in [2.75, 3.05) is 6.61 Å². The molecule has 3 rings (SSSR count). The average molecular weight is 624 g/mol. The first-order valence-electron chi connectivity index (χ1n) is 11.1. The Kier molecular flexibility index (Phi) is 8.96. The number of esters is 1. The van der Waals surface area contributed by atoms with Crippen LogP contribution in [-0.4, -0.2) is 39.5 Å². The number of aromatic nitrogens is 2. The van der Waals surface area contributed by atoms with Gasteiger partial charge in [-0.2, -0.15) is 9.78 Å². The standard InChI is InChI=1S/C24H24Br2N4O6/c1-5-13(3)22-28-19-8-7-16(25)10-18(19)23(31)29(22)27-12-15-9-17(26)11-20(30(33)34)21(15)36-14(4)24(32)35-6-2/h7-14H,5-6H2,1-4H3/t13-,14+/m1/s1. The van der Waals surface area contributed by atoms with Crippen molar-refractivity contribution in [2.45, 2.75) is 46.1 Å². The molecule has 2 aromatic carbocycles. The van der Waals surface area contributed by atoms with Crippen LogP contribution in [0.3, 0.4) is 0 Å². The highest BCUT2D eigenvalue weighted by atomic mass is 79.9. The number of halogens is 2. The molecular formula is C24H24Br2N4O6. The van der Waals surface area contributed by atoms with Gasteiger partial charge in [-0.1, -0.05) is 45.7 Å². The predicted octanol–water partition coefficient (Wildman–Crippen LogP) is 5.56. The van der Waals surface area contributed by atoms with E-state index in [4.69, 9.17) is 9.47 Å². The second kappa shape index (κ2) is 11.7. The van der Waals surface area contributed by atoms with Crippen LogP contribution in [0.5, 0.6) is 5.75 Å². The Labute approximate surface area is 223 Å². The summed E-state index contributed by atoms with van der Waals surface area (Å²) in [5.74, 6) is -0.501. The van der Waals surface area contributed by atoms with E-state index in [2.05, 4.69) is 41.9 Å². The average Bonchev–Trinajstić information content (AvgIpc) is 2.84. The molecule has 2 atom stereocenters. The highest BCUT2D eigenvalue weighted by Crippen LogP contribution is 2.35. The molecule has 10 nitrogen and oxygen atoms in total. The zero-order chi connectivity index (χ0) is 26.6. The van der Waals surface area contributed by atoms with E-state index < -0.39 is 17.0 Å². The molecule has 0 spiro atoms. The number of nitro groups is 1. The van der Waals surface area contributed by atoms with Crippen LogP contribution in [0.1, 0.15) is 51.4 Å². The molecule has 0 bridgehead atoms. The third kappa shape index (κ3) is 5.98. The summed E-state index contributed by atoms with van der Waals surface area (Å²) in [7, 11) is 0. The Balaban J connectivity index is 2.20. The molecule has 0 aliphatic heterocycles. The number of fused-ring (bicyclic) bond motifs is 1. The zero-order valence-electron chi connectivity index (χ0n) is 20.0. The van der Waals surface area contributed by atoms with Gasteiger partial charge < -0.3 is 9.47 Å². The van der Waals surface area contributed by atoms with E-state index in [0.29, 0.717) is 32.1 Å². The Morgan fingerprint density at radius 3 is 2.58 bits per heavy atom. The van der Waals surface area contributed by atoms with Crippen molar-refractivity contribution >= 4 is 60.6 Å². The monoisotopic (exact) mass is 622 g/mol. The molecule has 190 valence electrons.